The van der Waals surface area contributed by atoms with Gasteiger partial charge in [-0.3, -0.25) is 9.59 Å². The summed E-state index contributed by atoms with van der Waals surface area (Å²) in [5.41, 5.74) is 1.29. The van der Waals surface area contributed by atoms with E-state index >= 15 is 0 Å². The van der Waals surface area contributed by atoms with Crippen LogP contribution in [0.4, 0.5) is 11.4 Å². The van der Waals surface area contributed by atoms with Crippen LogP contribution < -0.4 is 10.6 Å². The van der Waals surface area contributed by atoms with Gasteiger partial charge < -0.3 is 15.7 Å². The fourth-order valence-corrected chi connectivity index (χ4v) is 1.90. The molecule has 0 aliphatic heterocycles. The molecule has 3 N–H and O–H groups in total. The monoisotopic (exact) mass is 290 g/mol. The molecular formula is C16H22N2O3. The summed E-state index contributed by atoms with van der Waals surface area (Å²) in [6.07, 6.45) is 1.32. The third-order valence-electron chi connectivity index (χ3n) is 3.53. The van der Waals surface area contributed by atoms with Gasteiger partial charge in [0, 0.05) is 17.3 Å². The Morgan fingerprint density at radius 3 is 2.43 bits per heavy atom. The number of anilines is 2. The number of hydrogen-bond donors (Lipinski definition) is 3. The van der Waals surface area contributed by atoms with Crippen molar-refractivity contribution in [1.29, 1.82) is 0 Å². The summed E-state index contributed by atoms with van der Waals surface area (Å²) in [6, 6.07) is 7.04. The highest BCUT2D eigenvalue weighted by atomic mass is 16.3. The van der Waals surface area contributed by atoms with E-state index in [-0.39, 0.29) is 30.1 Å². The van der Waals surface area contributed by atoms with Crippen molar-refractivity contribution in [3.63, 3.8) is 0 Å². The third-order valence-corrected chi connectivity index (χ3v) is 3.53. The number of amides is 2. The molecule has 0 aromatic heterocycles. The first-order valence-electron chi connectivity index (χ1n) is 7.34. The number of aliphatic hydroxyl groups excluding tert-OH is 1. The number of hydrogen-bond acceptors (Lipinski definition) is 3. The molecule has 21 heavy (non-hydrogen) atoms. The molecule has 2 amide bonds. The van der Waals surface area contributed by atoms with Crippen LogP contribution in [0.1, 0.15) is 33.1 Å². The molecule has 2 rings (SSSR count). The lowest BCUT2D eigenvalue weighted by Crippen LogP contribution is -2.23. The average Bonchev–Trinajstić information content (AvgIpc) is 3.22. The smallest absolute Gasteiger partial charge is 0.227 e. The molecule has 1 aliphatic carbocycles. The predicted molar refractivity (Wildman–Crippen MR) is 81.9 cm³/mol. The molecule has 5 heteroatoms. The number of carbonyl (C=O) groups excluding carboxylic acids is 2. The summed E-state index contributed by atoms with van der Waals surface area (Å²) < 4.78 is 0. The minimum atomic E-state index is -0.650. The lowest BCUT2D eigenvalue weighted by atomic mass is 10.0. The normalized spacial score (nSPS) is 15.6. The van der Waals surface area contributed by atoms with Gasteiger partial charge in [-0.15, -0.1) is 0 Å². The summed E-state index contributed by atoms with van der Waals surface area (Å²) in [4.78, 5) is 23.5. The molecule has 0 saturated heterocycles. The van der Waals surface area contributed by atoms with Crippen LogP contribution in [0.15, 0.2) is 24.3 Å². The quantitative estimate of drug-likeness (QED) is 0.752. The largest absolute Gasteiger partial charge is 0.392 e. The highest BCUT2D eigenvalue weighted by molar-refractivity contribution is 5.96. The van der Waals surface area contributed by atoms with Gasteiger partial charge in [0.05, 0.1) is 12.5 Å². The average molecular weight is 290 g/mol. The maximum Gasteiger partial charge on any atom is 0.227 e. The van der Waals surface area contributed by atoms with Gasteiger partial charge in [-0.2, -0.15) is 0 Å². The lowest BCUT2D eigenvalue weighted by molar-refractivity contribution is -0.119. The zero-order chi connectivity index (χ0) is 15.4. The van der Waals surface area contributed by atoms with Crippen molar-refractivity contribution in [2.75, 3.05) is 10.6 Å². The number of rotatable bonds is 6. The van der Waals surface area contributed by atoms with Crippen molar-refractivity contribution in [2.45, 2.75) is 39.2 Å². The Labute approximate surface area is 124 Å². The fourth-order valence-electron chi connectivity index (χ4n) is 1.90. The van der Waals surface area contributed by atoms with Gasteiger partial charge in [0.25, 0.3) is 0 Å². The maximum absolute atomic E-state index is 11.8. The second-order valence-electron chi connectivity index (χ2n) is 5.91. The van der Waals surface area contributed by atoms with Crippen molar-refractivity contribution >= 4 is 23.2 Å². The van der Waals surface area contributed by atoms with Crippen molar-refractivity contribution in [3.05, 3.63) is 24.3 Å². The molecule has 1 saturated carbocycles. The molecule has 1 aromatic rings. The first-order valence-corrected chi connectivity index (χ1v) is 7.34. The van der Waals surface area contributed by atoms with E-state index in [2.05, 4.69) is 10.6 Å². The molecule has 1 unspecified atom stereocenters. The summed E-state index contributed by atoms with van der Waals surface area (Å²) >= 11 is 0. The Morgan fingerprint density at radius 2 is 1.86 bits per heavy atom. The number of benzene rings is 1. The highest BCUT2D eigenvalue weighted by Crippen LogP contribution is 2.30. The summed E-state index contributed by atoms with van der Waals surface area (Å²) in [7, 11) is 0. The van der Waals surface area contributed by atoms with Crippen LogP contribution in [-0.4, -0.2) is 23.0 Å². The molecule has 0 spiro atoms. The molecule has 1 atom stereocenters. The Kier molecular flexibility index (Phi) is 4.96. The fraction of sp³-hybridized carbons (Fsp3) is 0.500. The van der Waals surface area contributed by atoms with Crippen LogP contribution in [0.2, 0.25) is 0 Å². The highest BCUT2D eigenvalue weighted by Gasteiger charge is 2.29. The van der Waals surface area contributed by atoms with Gasteiger partial charge >= 0.3 is 0 Å². The van der Waals surface area contributed by atoms with Crippen LogP contribution >= 0.6 is 0 Å². The minimum Gasteiger partial charge on any atom is -0.392 e. The molecule has 114 valence electrons. The summed E-state index contributed by atoms with van der Waals surface area (Å²) in [5, 5.41) is 15.3. The van der Waals surface area contributed by atoms with E-state index in [0.29, 0.717) is 11.4 Å². The van der Waals surface area contributed by atoms with E-state index in [1.165, 1.54) is 0 Å². The van der Waals surface area contributed by atoms with Crippen LogP contribution in [-0.2, 0) is 9.59 Å². The van der Waals surface area contributed by atoms with E-state index in [9.17, 15) is 14.7 Å². The lowest BCUT2D eigenvalue weighted by Gasteiger charge is -2.14. The molecule has 0 heterocycles. The van der Waals surface area contributed by atoms with Crippen molar-refractivity contribution < 1.29 is 14.7 Å². The first kappa shape index (κ1) is 15.5. The van der Waals surface area contributed by atoms with E-state index in [1.54, 1.807) is 24.3 Å². The molecular weight excluding hydrogens is 268 g/mol. The van der Waals surface area contributed by atoms with E-state index < -0.39 is 6.10 Å². The Balaban J connectivity index is 1.90. The Morgan fingerprint density at radius 1 is 1.24 bits per heavy atom. The van der Waals surface area contributed by atoms with Crippen LogP contribution in [0.5, 0.6) is 0 Å². The van der Waals surface area contributed by atoms with Gasteiger partial charge in [-0.25, -0.2) is 0 Å². The van der Waals surface area contributed by atoms with E-state index in [0.717, 1.165) is 12.8 Å². The second kappa shape index (κ2) is 6.72. The Hall–Kier alpha value is -1.88. The van der Waals surface area contributed by atoms with Crippen LogP contribution in [0.25, 0.3) is 0 Å². The molecule has 0 bridgehead atoms. The van der Waals surface area contributed by atoms with Crippen LogP contribution in [0.3, 0.4) is 0 Å². The SMILES string of the molecule is CC(C)C(O)CC(=O)Nc1cccc(NC(=O)C2CC2)c1. The van der Waals surface area contributed by atoms with Gasteiger partial charge in [0.15, 0.2) is 0 Å². The van der Waals surface area contributed by atoms with Crippen molar-refractivity contribution in [1.82, 2.24) is 0 Å². The van der Waals surface area contributed by atoms with E-state index in [1.807, 2.05) is 13.8 Å². The summed E-state index contributed by atoms with van der Waals surface area (Å²) in [6.45, 7) is 3.73. The summed E-state index contributed by atoms with van der Waals surface area (Å²) in [5.74, 6) is -0.0140. The first-order chi connectivity index (χ1) is 9.95. The number of carbonyl (C=O) groups is 2. The predicted octanol–water partition coefficient (Wildman–Crippen LogP) is 2.38. The Bertz CT molecular complexity index is 524. The van der Waals surface area contributed by atoms with E-state index in [4.69, 9.17) is 0 Å². The topological polar surface area (TPSA) is 78.4 Å². The second-order valence-corrected chi connectivity index (χ2v) is 5.91. The maximum atomic E-state index is 11.8. The van der Waals surface area contributed by atoms with Gasteiger partial charge in [-0.05, 0) is 37.0 Å². The molecule has 5 nitrogen and oxygen atoms in total. The number of aliphatic hydroxyl groups is 1. The minimum absolute atomic E-state index is 0.0358. The van der Waals surface area contributed by atoms with Gasteiger partial charge in [0.2, 0.25) is 11.8 Å². The number of nitrogens with one attached hydrogen (secondary N) is 2. The zero-order valence-electron chi connectivity index (χ0n) is 12.4. The zero-order valence-corrected chi connectivity index (χ0v) is 12.4. The van der Waals surface area contributed by atoms with Gasteiger partial charge in [-0.1, -0.05) is 19.9 Å². The van der Waals surface area contributed by atoms with Crippen LogP contribution in [0, 0.1) is 11.8 Å². The molecule has 1 aliphatic rings. The van der Waals surface area contributed by atoms with Crippen molar-refractivity contribution in [2.24, 2.45) is 11.8 Å². The standard InChI is InChI=1S/C16H22N2O3/c1-10(2)14(19)9-15(20)17-12-4-3-5-13(8-12)18-16(21)11-6-7-11/h3-5,8,10-11,14,19H,6-7,9H2,1-2H3,(H,17,20)(H,18,21). The van der Waals surface area contributed by atoms with Gasteiger partial charge in [0.1, 0.15) is 0 Å². The molecule has 0 radical (unpaired) electrons. The molecule has 1 aromatic carbocycles. The molecule has 1 fully saturated rings. The van der Waals surface area contributed by atoms with Crippen molar-refractivity contribution in [3.8, 4) is 0 Å². The third kappa shape index (κ3) is 4.86.